The van der Waals surface area contributed by atoms with Crippen LogP contribution in [-0.2, 0) is 0 Å². The van der Waals surface area contributed by atoms with Gasteiger partial charge < -0.3 is 4.90 Å². The quantitative estimate of drug-likeness (QED) is 0.575. The summed E-state index contributed by atoms with van der Waals surface area (Å²) in [4.78, 5) is 1.94. The van der Waals surface area contributed by atoms with Crippen molar-refractivity contribution >= 4 is 11.5 Å². The second kappa shape index (κ2) is 4.80. The largest absolute Gasteiger partial charge is 0.333 e. The van der Waals surface area contributed by atoms with Gasteiger partial charge in [-0.15, -0.1) is 0 Å². The van der Waals surface area contributed by atoms with Crippen molar-refractivity contribution in [3.63, 3.8) is 0 Å². The van der Waals surface area contributed by atoms with Crippen LogP contribution >= 0.6 is 0 Å². The van der Waals surface area contributed by atoms with E-state index in [1.54, 1.807) is 0 Å². The first kappa shape index (κ1) is 10.8. The van der Waals surface area contributed by atoms with Crippen molar-refractivity contribution in [2.24, 2.45) is 0 Å². The molecule has 76 valence electrons. The van der Waals surface area contributed by atoms with Gasteiger partial charge in [-0.05, 0) is 31.0 Å². The van der Waals surface area contributed by atoms with Crippen molar-refractivity contribution in [1.82, 2.24) is 0 Å². The van der Waals surface area contributed by atoms with Gasteiger partial charge in [0.2, 0.25) is 0 Å². The molecule has 0 fully saturated rings. The molecule has 0 spiro atoms. The topological polar surface area (TPSA) is 27.1 Å². The molecule has 0 radical (unpaired) electrons. The van der Waals surface area contributed by atoms with Crippen LogP contribution in [0.5, 0.6) is 0 Å². The fourth-order valence-corrected chi connectivity index (χ4v) is 1.40. The Balaban J connectivity index is 2.78. The van der Waals surface area contributed by atoms with Gasteiger partial charge in [0.1, 0.15) is 0 Å². The van der Waals surface area contributed by atoms with Gasteiger partial charge in [0.05, 0.1) is 5.84 Å². The Kier molecular flexibility index (Phi) is 3.69. The maximum atomic E-state index is 7.83. The van der Waals surface area contributed by atoms with Gasteiger partial charge >= 0.3 is 0 Å². The van der Waals surface area contributed by atoms with Crippen molar-refractivity contribution in [3.05, 3.63) is 29.8 Å². The minimum absolute atomic E-state index is 0.679. The van der Waals surface area contributed by atoms with Crippen LogP contribution in [0.1, 0.15) is 25.3 Å². The van der Waals surface area contributed by atoms with Crippen LogP contribution in [0.2, 0.25) is 0 Å². The first-order valence-electron chi connectivity index (χ1n) is 5.03. The van der Waals surface area contributed by atoms with E-state index in [-0.39, 0.29) is 0 Å². The maximum absolute atomic E-state index is 7.83. The minimum Gasteiger partial charge on any atom is -0.333 e. The van der Waals surface area contributed by atoms with Crippen LogP contribution < -0.4 is 4.90 Å². The van der Waals surface area contributed by atoms with E-state index in [0.29, 0.717) is 5.84 Å². The predicted octanol–water partition coefficient (Wildman–Crippen LogP) is 3.21. The average molecular weight is 190 g/mol. The van der Waals surface area contributed by atoms with Crippen LogP contribution in [-0.4, -0.2) is 12.9 Å². The molecule has 0 atom stereocenters. The fraction of sp³-hybridized carbons (Fsp3) is 0.417. The van der Waals surface area contributed by atoms with E-state index in [1.165, 1.54) is 5.56 Å². The lowest BCUT2D eigenvalue weighted by atomic mass is 10.2. The summed E-state index contributed by atoms with van der Waals surface area (Å²) in [5, 5.41) is 7.83. The molecule has 0 saturated carbocycles. The van der Waals surface area contributed by atoms with Gasteiger partial charge in [-0.2, -0.15) is 0 Å². The highest BCUT2D eigenvalue weighted by Gasteiger charge is 2.05. The summed E-state index contributed by atoms with van der Waals surface area (Å²) in [6.45, 7) is 4.17. The van der Waals surface area contributed by atoms with Gasteiger partial charge in [-0.25, -0.2) is 0 Å². The molecule has 2 nitrogen and oxygen atoms in total. The molecule has 0 bridgehead atoms. The summed E-state index contributed by atoms with van der Waals surface area (Å²) in [7, 11) is 1.95. The van der Waals surface area contributed by atoms with Gasteiger partial charge in [0, 0.05) is 19.2 Å². The summed E-state index contributed by atoms with van der Waals surface area (Å²) in [5.74, 6) is 0.679. The average Bonchev–Trinajstić information content (AvgIpc) is 2.17. The number of benzene rings is 1. The monoisotopic (exact) mass is 190 g/mol. The number of amidine groups is 1. The molecule has 0 saturated heterocycles. The zero-order valence-electron chi connectivity index (χ0n) is 9.17. The molecule has 0 aromatic heterocycles. The lowest BCUT2D eigenvalue weighted by molar-refractivity contribution is 0.958. The van der Waals surface area contributed by atoms with Crippen LogP contribution in [0.25, 0.3) is 0 Å². The minimum atomic E-state index is 0.679. The Hall–Kier alpha value is -1.31. The number of rotatable bonds is 3. The van der Waals surface area contributed by atoms with E-state index in [0.717, 1.165) is 18.5 Å². The SMILES string of the molecule is CCCC(=N)N(C)c1cccc(C)c1. The number of nitrogens with zero attached hydrogens (tertiary/aromatic N) is 1. The molecule has 0 amide bonds. The molecular weight excluding hydrogens is 172 g/mol. The molecular formula is C12H18N2. The molecule has 0 aliphatic heterocycles. The third-order valence-corrected chi connectivity index (χ3v) is 2.28. The van der Waals surface area contributed by atoms with E-state index in [1.807, 2.05) is 24.1 Å². The molecule has 1 aromatic rings. The fourth-order valence-electron chi connectivity index (χ4n) is 1.40. The Morgan fingerprint density at radius 1 is 1.43 bits per heavy atom. The highest BCUT2D eigenvalue weighted by molar-refractivity contribution is 5.94. The first-order valence-corrected chi connectivity index (χ1v) is 5.03. The van der Waals surface area contributed by atoms with Crippen molar-refractivity contribution in [1.29, 1.82) is 5.41 Å². The summed E-state index contributed by atoms with van der Waals surface area (Å²) in [5.41, 5.74) is 2.34. The Bertz CT molecular complexity index is 318. The van der Waals surface area contributed by atoms with Gasteiger partial charge in [0.15, 0.2) is 0 Å². The zero-order valence-corrected chi connectivity index (χ0v) is 9.17. The second-order valence-electron chi connectivity index (χ2n) is 3.59. The van der Waals surface area contributed by atoms with E-state index >= 15 is 0 Å². The molecule has 1 rings (SSSR count). The van der Waals surface area contributed by atoms with Crippen LogP contribution in [0.3, 0.4) is 0 Å². The number of aryl methyl sites for hydroxylation is 1. The predicted molar refractivity (Wildman–Crippen MR) is 62.2 cm³/mol. The summed E-state index contributed by atoms with van der Waals surface area (Å²) in [6.07, 6.45) is 1.86. The molecule has 14 heavy (non-hydrogen) atoms. The molecule has 0 unspecified atom stereocenters. The lowest BCUT2D eigenvalue weighted by Gasteiger charge is -2.20. The van der Waals surface area contributed by atoms with Gasteiger partial charge in [0.25, 0.3) is 0 Å². The highest BCUT2D eigenvalue weighted by atomic mass is 15.1. The smallest absolute Gasteiger partial charge is 0.0999 e. The lowest BCUT2D eigenvalue weighted by Crippen LogP contribution is -2.24. The normalized spacial score (nSPS) is 9.93. The first-order chi connectivity index (χ1) is 6.65. The van der Waals surface area contributed by atoms with Crippen molar-refractivity contribution in [2.75, 3.05) is 11.9 Å². The van der Waals surface area contributed by atoms with Gasteiger partial charge in [-0.1, -0.05) is 19.1 Å². The van der Waals surface area contributed by atoms with Crippen molar-refractivity contribution in [3.8, 4) is 0 Å². The number of nitrogens with one attached hydrogen (secondary N) is 1. The van der Waals surface area contributed by atoms with Crippen LogP contribution in [0.15, 0.2) is 24.3 Å². The third kappa shape index (κ3) is 2.59. The van der Waals surface area contributed by atoms with Crippen LogP contribution in [0, 0.1) is 12.3 Å². The number of anilines is 1. The van der Waals surface area contributed by atoms with Crippen LogP contribution in [0.4, 0.5) is 5.69 Å². The molecule has 0 aliphatic carbocycles. The highest BCUT2D eigenvalue weighted by Crippen LogP contribution is 2.15. The molecule has 1 N–H and O–H groups in total. The molecule has 0 aliphatic rings. The Morgan fingerprint density at radius 2 is 2.14 bits per heavy atom. The molecule has 0 heterocycles. The number of hydrogen-bond donors (Lipinski definition) is 1. The third-order valence-electron chi connectivity index (χ3n) is 2.28. The summed E-state index contributed by atoms with van der Waals surface area (Å²) >= 11 is 0. The van der Waals surface area contributed by atoms with Crippen molar-refractivity contribution in [2.45, 2.75) is 26.7 Å². The maximum Gasteiger partial charge on any atom is 0.0999 e. The van der Waals surface area contributed by atoms with Gasteiger partial charge in [-0.3, -0.25) is 5.41 Å². The van der Waals surface area contributed by atoms with Crippen molar-refractivity contribution < 1.29 is 0 Å². The Labute approximate surface area is 86.1 Å². The molecule has 2 heteroatoms. The second-order valence-corrected chi connectivity index (χ2v) is 3.59. The standard InChI is InChI=1S/C12H18N2/c1-4-6-12(13)14(3)11-8-5-7-10(2)9-11/h5,7-9,13H,4,6H2,1-3H3. The zero-order chi connectivity index (χ0) is 10.6. The summed E-state index contributed by atoms with van der Waals surface area (Å²) in [6, 6.07) is 8.24. The van der Waals surface area contributed by atoms with E-state index in [4.69, 9.17) is 5.41 Å². The van der Waals surface area contributed by atoms with E-state index in [9.17, 15) is 0 Å². The van der Waals surface area contributed by atoms with E-state index < -0.39 is 0 Å². The van der Waals surface area contributed by atoms with E-state index in [2.05, 4.69) is 26.0 Å². The summed E-state index contributed by atoms with van der Waals surface area (Å²) < 4.78 is 0. The number of hydrogen-bond acceptors (Lipinski definition) is 1. The Morgan fingerprint density at radius 3 is 2.71 bits per heavy atom. The molecule has 1 aromatic carbocycles.